The van der Waals surface area contributed by atoms with Gasteiger partial charge in [0.05, 0.1) is 23.9 Å². The molecule has 0 aliphatic carbocycles. The van der Waals surface area contributed by atoms with Crippen LogP contribution >= 0.6 is 0 Å². The molecule has 0 bridgehead atoms. The maximum absolute atomic E-state index is 13.7. The molecule has 4 aromatic carbocycles. The van der Waals surface area contributed by atoms with Crippen LogP contribution in [0.3, 0.4) is 0 Å². The van der Waals surface area contributed by atoms with E-state index < -0.39 is 18.0 Å². The zero-order valence-electron chi connectivity index (χ0n) is 22.0. The van der Waals surface area contributed by atoms with Crippen LogP contribution in [-0.4, -0.2) is 29.8 Å². The molecule has 0 aliphatic heterocycles. The van der Waals surface area contributed by atoms with Gasteiger partial charge in [-0.15, -0.1) is 0 Å². The van der Waals surface area contributed by atoms with Gasteiger partial charge in [0.25, 0.3) is 5.91 Å². The monoisotopic (exact) mass is 530 g/mol. The number of carbonyl (C=O) groups is 3. The second-order valence-corrected chi connectivity index (χ2v) is 9.12. The number of nitrogens with one attached hydrogen (secondary N) is 1. The minimum Gasteiger partial charge on any atom is -0.497 e. The third-order valence-electron chi connectivity index (χ3n) is 6.42. The van der Waals surface area contributed by atoms with E-state index in [9.17, 15) is 14.4 Å². The Hall–Kier alpha value is -5.30. The van der Waals surface area contributed by atoms with E-state index in [-0.39, 0.29) is 11.3 Å². The first kappa shape index (κ1) is 26.3. The number of benzene rings is 4. The molecule has 0 spiro atoms. The third-order valence-corrected chi connectivity index (χ3v) is 6.42. The number of hydrogen-bond acceptors (Lipinski definition) is 6. The highest BCUT2D eigenvalue weighted by molar-refractivity contribution is 6.06. The number of rotatable bonds is 8. The predicted octanol–water partition coefficient (Wildman–Crippen LogP) is 6.65. The van der Waals surface area contributed by atoms with E-state index in [1.165, 1.54) is 6.92 Å². The Labute approximate surface area is 231 Å². The molecule has 5 rings (SSSR count). The lowest BCUT2D eigenvalue weighted by molar-refractivity contribution is -0.125. The third kappa shape index (κ3) is 5.73. The number of Topliss-reactive ketones (excluding diaryl/α,β-unsaturated/α-hetero) is 1. The summed E-state index contributed by atoms with van der Waals surface area (Å²) in [7, 11) is 1.59. The topological polar surface area (TPSA) is 94.6 Å². The zero-order valence-corrected chi connectivity index (χ0v) is 22.0. The fourth-order valence-electron chi connectivity index (χ4n) is 4.35. The van der Waals surface area contributed by atoms with E-state index in [4.69, 9.17) is 14.5 Å². The molecule has 0 saturated carbocycles. The maximum Gasteiger partial charge on any atom is 0.340 e. The number of anilines is 1. The van der Waals surface area contributed by atoms with Crippen molar-refractivity contribution in [3.05, 3.63) is 126 Å². The van der Waals surface area contributed by atoms with E-state index in [0.717, 1.165) is 5.56 Å². The number of hydrogen-bond donors (Lipinski definition) is 1. The number of aromatic nitrogens is 1. The van der Waals surface area contributed by atoms with Gasteiger partial charge in [0.1, 0.15) is 5.75 Å². The number of pyridine rings is 1. The van der Waals surface area contributed by atoms with Crippen molar-refractivity contribution in [3.63, 3.8) is 0 Å². The Balaban J connectivity index is 1.50. The molecule has 1 aromatic heterocycles. The highest BCUT2D eigenvalue weighted by Gasteiger charge is 2.27. The Morgan fingerprint density at radius 3 is 2.25 bits per heavy atom. The Kier molecular flexibility index (Phi) is 7.64. The van der Waals surface area contributed by atoms with Gasteiger partial charge in [-0.2, -0.15) is 0 Å². The van der Waals surface area contributed by atoms with E-state index in [2.05, 4.69) is 5.32 Å². The summed E-state index contributed by atoms with van der Waals surface area (Å²) in [4.78, 5) is 43.8. The van der Waals surface area contributed by atoms with Gasteiger partial charge in [-0.05, 0) is 55.5 Å². The van der Waals surface area contributed by atoms with E-state index >= 15 is 0 Å². The van der Waals surface area contributed by atoms with Crippen LogP contribution in [0.4, 0.5) is 5.69 Å². The van der Waals surface area contributed by atoms with Crippen molar-refractivity contribution in [1.82, 2.24) is 4.98 Å². The van der Waals surface area contributed by atoms with Crippen LogP contribution < -0.4 is 10.1 Å². The van der Waals surface area contributed by atoms with Crippen molar-refractivity contribution < 1.29 is 23.9 Å². The summed E-state index contributed by atoms with van der Waals surface area (Å²) in [5, 5.41) is 3.39. The standard InChI is InChI=1S/C33H26N2O5/c1-21(36)24-11-8-12-25(19-24)34-32(37)31(23-9-4-3-5-10-23)40-33(38)28-20-30(22-15-17-26(39-2)18-16-22)35-29-14-7-6-13-27(28)29/h3-20,31H,1-2H3,(H,34,37)/t31-/m0/s1. The number of ketones is 1. The molecule has 1 N–H and O–H groups in total. The fourth-order valence-corrected chi connectivity index (χ4v) is 4.35. The van der Waals surface area contributed by atoms with Gasteiger partial charge < -0.3 is 14.8 Å². The van der Waals surface area contributed by atoms with E-state index in [1.54, 1.807) is 67.8 Å². The molecule has 1 amide bonds. The summed E-state index contributed by atoms with van der Waals surface area (Å²) in [6.45, 7) is 1.45. The SMILES string of the molecule is COc1ccc(-c2cc(C(=O)O[C@H](C(=O)Nc3cccc(C(C)=O)c3)c3ccccc3)c3ccccc3n2)cc1. The van der Waals surface area contributed by atoms with Gasteiger partial charge >= 0.3 is 5.97 Å². The molecule has 1 atom stereocenters. The molecule has 7 heteroatoms. The van der Waals surface area contributed by atoms with Gasteiger partial charge in [-0.3, -0.25) is 9.59 Å². The molecule has 198 valence electrons. The predicted molar refractivity (Wildman–Crippen MR) is 153 cm³/mol. The smallest absolute Gasteiger partial charge is 0.340 e. The zero-order chi connectivity index (χ0) is 28.1. The van der Waals surface area contributed by atoms with Crippen molar-refractivity contribution in [2.24, 2.45) is 0 Å². The van der Waals surface area contributed by atoms with Crippen LogP contribution in [0.15, 0.2) is 109 Å². The summed E-state index contributed by atoms with van der Waals surface area (Å²) in [5.41, 5.74) is 3.66. The Morgan fingerprint density at radius 2 is 1.52 bits per heavy atom. The second kappa shape index (κ2) is 11.6. The quantitative estimate of drug-likeness (QED) is 0.178. The van der Waals surface area contributed by atoms with Crippen LogP contribution in [0.25, 0.3) is 22.2 Å². The van der Waals surface area contributed by atoms with Crippen LogP contribution in [0.5, 0.6) is 5.75 Å². The van der Waals surface area contributed by atoms with Crippen molar-refractivity contribution in [1.29, 1.82) is 0 Å². The lowest BCUT2D eigenvalue weighted by Gasteiger charge is -2.19. The number of fused-ring (bicyclic) bond motifs is 1. The van der Waals surface area contributed by atoms with Crippen molar-refractivity contribution in [2.45, 2.75) is 13.0 Å². The average molecular weight is 531 g/mol. The number of methoxy groups -OCH3 is 1. The van der Waals surface area contributed by atoms with Crippen LogP contribution in [0, 0.1) is 0 Å². The Morgan fingerprint density at radius 1 is 0.800 bits per heavy atom. The Bertz CT molecular complexity index is 1700. The lowest BCUT2D eigenvalue weighted by Crippen LogP contribution is -2.26. The number of nitrogens with zero attached hydrogens (tertiary/aromatic N) is 1. The molecular weight excluding hydrogens is 504 g/mol. The first-order chi connectivity index (χ1) is 19.4. The summed E-state index contributed by atoms with van der Waals surface area (Å²) < 4.78 is 11.2. The largest absolute Gasteiger partial charge is 0.497 e. The highest BCUT2D eigenvalue weighted by Crippen LogP contribution is 2.29. The molecule has 40 heavy (non-hydrogen) atoms. The minimum atomic E-state index is -1.24. The van der Waals surface area contributed by atoms with Crippen LogP contribution in [0.1, 0.15) is 39.3 Å². The van der Waals surface area contributed by atoms with Crippen molar-refractivity contribution in [3.8, 4) is 17.0 Å². The first-order valence-electron chi connectivity index (χ1n) is 12.6. The normalized spacial score (nSPS) is 11.4. The van der Waals surface area contributed by atoms with Gasteiger partial charge in [0, 0.05) is 27.8 Å². The molecule has 0 radical (unpaired) electrons. The highest BCUT2D eigenvalue weighted by atomic mass is 16.5. The molecule has 7 nitrogen and oxygen atoms in total. The molecule has 0 aliphatic rings. The van der Waals surface area contributed by atoms with Crippen molar-refractivity contribution >= 4 is 34.3 Å². The molecule has 5 aromatic rings. The molecular formula is C33H26N2O5. The first-order valence-corrected chi connectivity index (χ1v) is 12.6. The van der Waals surface area contributed by atoms with Gasteiger partial charge in [-0.25, -0.2) is 9.78 Å². The summed E-state index contributed by atoms with van der Waals surface area (Å²) in [5.74, 6) is -0.641. The lowest BCUT2D eigenvalue weighted by atomic mass is 10.0. The number of esters is 1. The van der Waals surface area contributed by atoms with E-state index in [0.29, 0.717) is 39.2 Å². The summed E-state index contributed by atoms with van der Waals surface area (Å²) in [6.07, 6.45) is -1.24. The number of amides is 1. The molecule has 0 saturated heterocycles. The number of carbonyl (C=O) groups excluding carboxylic acids is 3. The fraction of sp³-hybridized carbons (Fsp3) is 0.0909. The van der Waals surface area contributed by atoms with Gasteiger partial charge in [0.2, 0.25) is 6.10 Å². The van der Waals surface area contributed by atoms with Crippen molar-refractivity contribution in [2.75, 3.05) is 12.4 Å². The molecule has 0 fully saturated rings. The molecule has 0 unspecified atom stereocenters. The number of para-hydroxylation sites is 1. The second-order valence-electron chi connectivity index (χ2n) is 9.12. The van der Waals surface area contributed by atoms with Crippen LogP contribution in [0.2, 0.25) is 0 Å². The van der Waals surface area contributed by atoms with Gasteiger partial charge in [-0.1, -0.05) is 60.7 Å². The average Bonchev–Trinajstić information content (AvgIpc) is 2.99. The van der Waals surface area contributed by atoms with Crippen LogP contribution in [-0.2, 0) is 9.53 Å². The minimum absolute atomic E-state index is 0.126. The number of ether oxygens (including phenoxy) is 2. The summed E-state index contributed by atoms with van der Waals surface area (Å²) in [6, 6.07) is 31.7. The summed E-state index contributed by atoms with van der Waals surface area (Å²) >= 11 is 0. The maximum atomic E-state index is 13.7. The van der Waals surface area contributed by atoms with Gasteiger partial charge in [0.15, 0.2) is 5.78 Å². The van der Waals surface area contributed by atoms with E-state index in [1.807, 2.05) is 48.5 Å². The molecule has 1 heterocycles.